The molecule has 0 atom stereocenters. The molecule has 0 spiro atoms. The molecule has 1 aromatic heterocycles. The van der Waals surface area contributed by atoms with Gasteiger partial charge >= 0.3 is 0 Å². The summed E-state index contributed by atoms with van der Waals surface area (Å²) in [6, 6.07) is 5.47. The first-order valence-corrected chi connectivity index (χ1v) is 6.30. The number of anilines is 1. The van der Waals surface area contributed by atoms with E-state index in [4.69, 9.17) is 0 Å². The molecule has 0 unspecified atom stereocenters. The van der Waals surface area contributed by atoms with Crippen molar-refractivity contribution in [2.45, 2.75) is 13.5 Å². The number of nitrogens with zero attached hydrogens (tertiary/aromatic N) is 1. The molecule has 1 heterocycles. The molecule has 100 valence electrons. The summed E-state index contributed by atoms with van der Waals surface area (Å²) >= 11 is 3.00. The molecule has 0 aliphatic rings. The summed E-state index contributed by atoms with van der Waals surface area (Å²) in [7, 11) is 0. The van der Waals surface area contributed by atoms with Crippen LogP contribution in [-0.4, -0.2) is 10.1 Å². The topological polar surface area (TPSA) is 45.1 Å². The van der Waals surface area contributed by atoms with E-state index < -0.39 is 11.6 Å². The molecule has 0 aliphatic carbocycles. The maximum Gasteiger partial charge on any atom is 0.150 e. The lowest BCUT2D eigenvalue weighted by Crippen LogP contribution is -2.06. The molecule has 0 saturated heterocycles. The fraction of sp³-hybridized carbons (Fsp3) is 0.154. The monoisotopic (exact) mass is 328 g/mol. The third-order valence-electron chi connectivity index (χ3n) is 2.53. The fourth-order valence-corrected chi connectivity index (χ4v) is 2.02. The molecule has 19 heavy (non-hydrogen) atoms. The Morgan fingerprint density at radius 3 is 2.53 bits per heavy atom. The Labute approximate surface area is 117 Å². The van der Waals surface area contributed by atoms with Gasteiger partial charge in [-0.2, -0.15) is 0 Å². The molecule has 2 N–H and O–H groups in total. The standard InChI is InChI=1S/C13H11BrF2N2O/c1-7-2-3-12(19)11(18-7)6-17-13-9(15)4-8(14)5-10(13)16/h2-5,17,19H,6H2,1H3. The normalized spacial score (nSPS) is 10.5. The van der Waals surface area contributed by atoms with Gasteiger partial charge in [-0.25, -0.2) is 8.78 Å². The van der Waals surface area contributed by atoms with Gasteiger partial charge in [0.15, 0.2) is 0 Å². The van der Waals surface area contributed by atoms with E-state index >= 15 is 0 Å². The van der Waals surface area contributed by atoms with Crippen LogP contribution in [0.5, 0.6) is 5.75 Å². The summed E-state index contributed by atoms with van der Waals surface area (Å²) in [5.74, 6) is -1.44. The van der Waals surface area contributed by atoms with Crippen LogP contribution in [0.3, 0.4) is 0 Å². The molecule has 0 bridgehead atoms. The highest BCUT2D eigenvalue weighted by Crippen LogP contribution is 2.25. The number of nitrogens with one attached hydrogen (secondary N) is 1. The highest BCUT2D eigenvalue weighted by Gasteiger charge is 2.11. The second-order valence-corrected chi connectivity index (χ2v) is 4.93. The van der Waals surface area contributed by atoms with Crippen molar-refractivity contribution in [3.05, 3.63) is 51.8 Å². The number of halogens is 3. The third kappa shape index (κ3) is 3.20. The lowest BCUT2D eigenvalue weighted by atomic mass is 10.2. The second kappa shape index (κ2) is 5.52. The van der Waals surface area contributed by atoms with E-state index in [-0.39, 0.29) is 18.0 Å². The molecule has 0 aliphatic heterocycles. The van der Waals surface area contributed by atoms with E-state index in [0.29, 0.717) is 15.9 Å². The molecular weight excluding hydrogens is 318 g/mol. The van der Waals surface area contributed by atoms with Crippen molar-refractivity contribution in [2.24, 2.45) is 0 Å². The summed E-state index contributed by atoms with van der Waals surface area (Å²) in [4.78, 5) is 4.10. The molecule has 6 heteroatoms. The van der Waals surface area contributed by atoms with Crippen molar-refractivity contribution in [3.63, 3.8) is 0 Å². The molecule has 0 saturated carbocycles. The van der Waals surface area contributed by atoms with Gasteiger partial charge in [0, 0.05) is 10.2 Å². The number of pyridine rings is 1. The van der Waals surface area contributed by atoms with E-state index in [1.807, 2.05) is 0 Å². The minimum atomic E-state index is -0.709. The van der Waals surface area contributed by atoms with Gasteiger partial charge in [0.1, 0.15) is 28.8 Å². The molecule has 0 radical (unpaired) electrons. The van der Waals surface area contributed by atoms with E-state index in [1.165, 1.54) is 6.07 Å². The van der Waals surface area contributed by atoms with E-state index in [0.717, 1.165) is 12.1 Å². The Morgan fingerprint density at radius 1 is 1.26 bits per heavy atom. The Bertz CT molecular complexity index is 597. The first-order valence-electron chi connectivity index (χ1n) is 5.51. The number of aromatic hydroxyl groups is 1. The number of aryl methyl sites for hydroxylation is 1. The highest BCUT2D eigenvalue weighted by atomic mass is 79.9. The number of hydrogen-bond acceptors (Lipinski definition) is 3. The zero-order chi connectivity index (χ0) is 14.0. The van der Waals surface area contributed by atoms with Crippen LogP contribution in [-0.2, 0) is 6.54 Å². The lowest BCUT2D eigenvalue weighted by Gasteiger charge is -2.10. The van der Waals surface area contributed by atoms with Crippen molar-refractivity contribution in [1.82, 2.24) is 4.98 Å². The summed E-state index contributed by atoms with van der Waals surface area (Å²) in [6.45, 7) is 1.80. The van der Waals surface area contributed by atoms with Crippen LogP contribution in [0.4, 0.5) is 14.5 Å². The van der Waals surface area contributed by atoms with Gasteiger partial charge < -0.3 is 10.4 Å². The van der Waals surface area contributed by atoms with Crippen molar-refractivity contribution in [2.75, 3.05) is 5.32 Å². The average molecular weight is 329 g/mol. The Morgan fingerprint density at radius 2 is 1.89 bits per heavy atom. The summed E-state index contributed by atoms with van der Waals surface area (Å²) in [5, 5.41) is 12.2. The predicted molar refractivity (Wildman–Crippen MR) is 72.0 cm³/mol. The SMILES string of the molecule is Cc1ccc(O)c(CNc2c(F)cc(Br)cc2F)n1. The summed E-state index contributed by atoms with van der Waals surface area (Å²) in [6.07, 6.45) is 0. The third-order valence-corrected chi connectivity index (χ3v) is 2.99. The van der Waals surface area contributed by atoms with Crippen LogP contribution < -0.4 is 5.32 Å². The van der Waals surface area contributed by atoms with Gasteiger partial charge in [0.2, 0.25) is 0 Å². The van der Waals surface area contributed by atoms with Crippen molar-refractivity contribution in [1.29, 1.82) is 0 Å². The quantitative estimate of drug-likeness (QED) is 0.901. The molecule has 0 fully saturated rings. The van der Waals surface area contributed by atoms with Crippen LogP contribution in [0.25, 0.3) is 0 Å². The number of aromatic nitrogens is 1. The van der Waals surface area contributed by atoms with E-state index in [2.05, 4.69) is 26.2 Å². The summed E-state index contributed by atoms with van der Waals surface area (Å²) < 4.78 is 27.5. The van der Waals surface area contributed by atoms with Gasteiger partial charge in [0.25, 0.3) is 0 Å². The first-order chi connectivity index (χ1) is 8.97. The molecule has 0 amide bonds. The first kappa shape index (κ1) is 13.7. The van der Waals surface area contributed by atoms with Crippen molar-refractivity contribution >= 4 is 21.6 Å². The minimum absolute atomic E-state index is 0.0176. The lowest BCUT2D eigenvalue weighted by molar-refractivity contribution is 0.464. The average Bonchev–Trinajstić information content (AvgIpc) is 2.32. The van der Waals surface area contributed by atoms with Crippen LogP contribution in [0, 0.1) is 18.6 Å². The predicted octanol–water partition coefficient (Wildman–Crippen LogP) is 3.75. The van der Waals surface area contributed by atoms with E-state index in [1.54, 1.807) is 13.0 Å². The zero-order valence-electron chi connectivity index (χ0n) is 10.0. The van der Waals surface area contributed by atoms with Crippen molar-refractivity contribution in [3.8, 4) is 5.75 Å². The van der Waals surface area contributed by atoms with Gasteiger partial charge in [-0.15, -0.1) is 0 Å². The number of hydrogen-bond donors (Lipinski definition) is 2. The van der Waals surface area contributed by atoms with Crippen LogP contribution in [0.1, 0.15) is 11.4 Å². The molecule has 2 aromatic rings. The van der Waals surface area contributed by atoms with Gasteiger partial charge in [-0.1, -0.05) is 15.9 Å². The van der Waals surface area contributed by atoms with Crippen LogP contribution in [0.15, 0.2) is 28.7 Å². The summed E-state index contributed by atoms with van der Waals surface area (Å²) in [5.41, 5.74) is 0.805. The largest absolute Gasteiger partial charge is 0.506 e. The highest BCUT2D eigenvalue weighted by molar-refractivity contribution is 9.10. The Hall–Kier alpha value is -1.69. The molecule has 2 rings (SSSR count). The van der Waals surface area contributed by atoms with E-state index in [9.17, 15) is 13.9 Å². The number of rotatable bonds is 3. The molecule has 1 aromatic carbocycles. The fourth-order valence-electron chi connectivity index (χ4n) is 1.62. The Kier molecular flexibility index (Phi) is 3.99. The molecule has 3 nitrogen and oxygen atoms in total. The van der Waals surface area contributed by atoms with Gasteiger partial charge in [0.05, 0.1) is 6.54 Å². The maximum atomic E-state index is 13.6. The minimum Gasteiger partial charge on any atom is -0.506 e. The van der Waals surface area contributed by atoms with Gasteiger partial charge in [-0.05, 0) is 31.2 Å². The number of benzene rings is 1. The Balaban J connectivity index is 2.21. The maximum absolute atomic E-state index is 13.6. The van der Waals surface area contributed by atoms with Crippen LogP contribution >= 0.6 is 15.9 Å². The van der Waals surface area contributed by atoms with Crippen LogP contribution in [0.2, 0.25) is 0 Å². The van der Waals surface area contributed by atoms with Crippen molar-refractivity contribution < 1.29 is 13.9 Å². The second-order valence-electron chi connectivity index (χ2n) is 4.02. The van der Waals surface area contributed by atoms with Gasteiger partial charge in [-0.3, -0.25) is 4.98 Å². The molecular formula is C13H11BrF2N2O. The smallest absolute Gasteiger partial charge is 0.150 e. The zero-order valence-corrected chi connectivity index (χ0v) is 11.6.